The van der Waals surface area contributed by atoms with Gasteiger partial charge in [-0.2, -0.15) is 0 Å². The van der Waals surface area contributed by atoms with Gasteiger partial charge in [-0.3, -0.25) is 0 Å². The van der Waals surface area contributed by atoms with E-state index in [1.54, 1.807) is 6.92 Å². The van der Waals surface area contributed by atoms with Crippen LogP contribution in [0.4, 0.5) is 0 Å². The Kier molecular flexibility index (Phi) is 17.8. The number of hydrogen-bond donors (Lipinski definition) is 2. The minimum absolute atomic E-state index is 0.0223. The van der Waals surface area contributed by atoms with Crippen molar-refractivity contribution < 1.29 is 30.6 Å². The van der Waals surface area contributed by atoms with Gasteiger partial charge in [0.15, 0.2) is 0 Å². The molecule has 0 aromatic heterocycles. The molecule has 178 valence electrons. The smallest absolute Gasteiger partial charge is 0.369 e. The third-order valence-electron chi connectivity index (χ3n) is 2.89. The first-order valence-electron chi connectivity index (χ1n) is 8.71. The highest BCUT2D eigenvalue weighted by Gasteiger charge is 2.13. The lowest BCUT2D eigenvalue weighted by molar-refractivity contribution is 0.0599. The molecule has 2 aromatic carbocycles. The molecule has 2 aromatic rings. The van der Waals surface area contributed by atoms with Crippen molar-refractivity contribution in [3.05, 3.63) is 55.5 Å². The van der Waals surface area contributed by atoms with Crippen molar-refractivity contribution in [3.63, 3.8) is 0 Å². The molecular formula is C18H18BBr3Cl4O6. The van der Waals surface area contributed by atoms with Gasteiger partial charge in [0, 0.05) is 1.37 Å². The lowest BCUT2D eigenvalue weighted by Gasteiger charge is -2.06. The Morgan fingerprint density at radius 1 is 0.969 bits per heavy atom. The van der Waals surface area contributed by atoms with E-state index in [4.69, 9.17) is 62.7 Å². The third kappa shape index (κ3) is 12.8. The summed E-state index contributed by atoms with van der Waals surface area (Å²) in [6.45, 7) is 2.29. The molecule has 0 aliphatic heterocycles. The molecule has 0 fully saturated rings. The molecule has 0 aliphatic carbocycles. The number of carboxylic acids is 1. The number of esters is 1. The van der Waals surface area contributed by atoms with Gasteiger partial charge in [-0.1, -0.05) is 60.2 Å². The summed E-state index contributed by atoms with van der Waals surface area (Å²) in [5.74, 6) is -1.63. The molecule has 0 atom stereocenters. The monoisotopic (exact) mass is 719 g/mol. The molecule has 0 amide bonds. The van der Waals surface area contributed by atoms with Gasteiger partial charge in [0.25, 0.3) is 0 Å². The second kappa shape index (κ2) is 18.0. The number of methoxy groups -OCH3 is 2. The minimum Gasteiger partial charge on any atom is -0.506 e. The van der Waals surface area contributed by atoms with Crippen molar-refractivity contribution >= 4 is 109 Å². The zero-order valence-electron chi connectivity index (χ0n) is 17.8. The Morgan fingerprint density at radius 2 is 1.41 bits per heavy atom. The van der Waals surface area contributed by atoms with Crippen LogP contribution in [0.5, 0.6) is 11.5 Å². The van der Waals surface area contributed by atoms with Gasteiger partial charge in [-0.15, -0.1) is 47.3 Å². The van der Waals surface area contributed by atoms with E-state index in [1.165, 1.54) is 32.4 Å². The van der Waals surface area contributed by atoms with Crippen LogP contribution in [0.15, 0.2) is 24.3 Å². The predicted octanol–water partition coefficient (Wildman–Crippen LogP) is 8.37. The number of phenolic OH excluding ortho intramolecular Hbond substituents is 1. The molecule has 32 heavy (non-hydrogen) atoms. The molecule has 6 nitrogen and oxygen atoms in total. The Labute approximate surface area is 232 Å². The highest BCUT2D eigenvalue weighted by atomic mass is 79.9. The number of carbonyl (C=O) groups is 2. The lowest BCUT2D eigenvalue weighted by Crippen LogP contribution is -2.01. The van der Waals surface area contributed by atoms with Crippen LogP contribution in [0.3, 0.4) is 0 Å². The maximum absolute atomic E-state index is 11.2. The second-order valence-corrected chi connectivity index (χ2v) is 12.8. The van der Waals surface area contributed by atoms with Crippen molar-refractivity contribution in [1.82, 2.24) is 0 Å². The van der Waals surface area contributed by atoms with Crippen molar-refractivity contribution in [3.8, 4) is 11.5 Å². The van der Waals surface area contributed by atoms with Crippen molar-refractivity contribution in [2.45, 2.75) is 13.8 Å². The van der Waals surface area contributed by atoms with Crippen LogP contribution >= 0.6 is 93.7 Å². The molecule has 0 heterocycles. The molecule has 2 rings (SSSR count). The van der Waals surface area contributed by atoms with Gasteiger partial charge in [-0.25, -0.2) is 9.59 Å². The number of benzene rings is 2. The summed E-state index contributed by atoms with van der Waals surface area (Å²) in [6, 6.07) is 5.11. The average Bonchev–Trinajstić information content (AvgIpc) is 2.73. The van der Waals surface area contributed by atoms with E-state index in [0.29, 0.717) is 18.2 Å². The molecule has 0 aliphatic rings. The highest BCUT2D eigenvalue weighted by Crippen LogP contribution is 2.33. The van der Waals surface area contributed by atoms with E-state index in [2.05, 4.69) is 52.0 Å². The van der Waals surface area contributed by atoms with Crippen molar-refractivity contribution in [1.29, 1.82) is 0 Å². The summed E-state index contributed by atoms with van der Waals surface area (Å²) < 4.78 is 16.0. The fraction of sp³-hybridized carbons (Fsp3) is 0.222. The number of aromatic hydroxyl groups is 1. The van der Waals surface area contributed by atoms with Crippen LogP contribution < -0.4 is 4.74 Å². The summed E-state index contributed by atoms with van der Waals surface area (Å²) in [5.41, 5.74) is 0.209. The van der Waals surface area contributed by atoms with Crippen LogP contribution in [-0.2, 0) is 4.74 Å². The van der Waals surface area contributed by atoms with Crippen molar-refractivity contribution in [2.75, 3.05) is 14.2 Å². The minimum atomic E-state index is -1.16. The SMILES string of the molecule is BrB(Br)Br.COC(=O)c1cc(Cl)c(Cl)c(OC)c1.O=C(O)c1cc(O)c(Cl)c(Cl)c1.[2H]CC. The zero-order chi connectivity index (χ0) is 26.3. The third-order valence-corrected chi connectivity index (χ3v) is 4.47. The number of hydrogen-bond acceptors (Lipinski definition) is 5. The van der Waals surface area contributed by atoms with Crippen LogP contribution in [0.25, 0.3) is 0 Å². The molecule has 0 saturated heterocycles. The largest absolute Gasteiger partial charge is 0.506 e. The number of halogens is 7. The summed E-state index contributed by atoms with van der Waals surface area (Å²) in [6.07, 6.45) is 0. The first kappa shape index (κ1) is 31.6. The summed E-state index contributed by atoms with van der Waals surface area (Å²) in [5, 5.41) is 18.1. The van der Waals surface area contributed by atoms with Crippen LogP contribution in [0.2, 0.25) is 20.1 Å². The summed E-state index contributed by atoms with van der Waals surface area (Å²) >= 11 is 31.9. The summed E-state index contributed by atoms with van der Waals surface area (Å²) in [4.78, 5) is 21.6. The highest BCUT2D eigenvalue weighted by molar-refractivity contribution is 9.69. The van der Waals surface area contributed by atoms with Gasteiger partial charge < -0.3 is 19.7 Å². The number of carboxylic acid groups (broad SMARTS) is 1. The van der Waals surface area contributed by atoms with E-state index >= 15 is 0 Å². The van der Waals surface area contributed by atoms with E-state index in [9.17, 15) is 9.59 Å². The molecular weight excluding hydrogens is 705 g/mol. The number of phenols is 1. The van der Waals surface area contributed by atoms with E-state index < -0.39 is 11.9 Å². The Balaban J connectivity index is 0. The predicted molar refractivity (Wildman–Crippen MR) is 143 cm³/mol. The average molecular weight is 724 g/mol. The standard InChI is InChI=1S/C9H8Cl2O3.C7H4Cl2O3.C2H6.BBr3/c1-13-7-4-5(9(12)14-2)3-6(10)8(7)11;8-4-1-3(7(11)12)2-5(10)6(4)9;1-2;2-1(3)4/h3-4H,1-2H3;1-2,10H,(H,11,12);1-2H3;/i;;1D;. The number of carbonyl (C=O) groups excluding carboxylic acids is 1. The number of ether oxygens (including phenoxy) is 2. The van der Waals surface area contributed by atoms with Crippen LogP contribution in [0, 0.1) is 0 Å². The topological polar surface area (TPSA) is 93.1 Å². The Morgan fingerprint density at radius 3 is 1.78 bits per heavy atom. The van der Waals surface area contributed by atoms with Crippen LogP contribution in [-0.4, -0.2) is 39.6 Å². The van der Waals surface area contributed by atoms with Gasteiger partial charge >= 0.3 is 15.1 Å². The molecule has 2 N–H and O–H groups in total. The normalized spacial score (nSPS) is 9.38. The molecule has 0 spiro atoms. The lowest BCUT2D eigenvalue weighted by atomic mass is 10.2. The van der Waals surface area contributed by atoms with Crippen molar-refractivity contribution in [2.24, 2.45) is 0 Å². The Bertz CT molecular complexity index is 899. The first-order valence-corrected chi connectivity index (χ1v) is 12.3. The molecule has 0 saturated carbocycles. The molecule has 14 heteroatoms. The quantitative estimate of drug-likeness (QED) is 0.244. The van der Waals surface area contributed by atoms with Gasteiger partial charge in [0.2, 0.25) is 0 Å². The first-order chi connectivity index (χ1) is 15.3. The van der Waals surface area contributed by atoms with Gasteiger partial charge in [-0.05, 0) is 24.3 Å². The van der Waals surface area contributed by atoms with Crippen LogP contribution in [0.1, 0.15) is 35.9 Å². The number of aromatic carboxylic acids is 1. The maximum atomic E-state index is 11.2. The van der Waals surface area contributed by atoms with E-state index in [1.807, 2.05) is 0 Å². The number of rotatable bonds is 3. The van der Waals surface area contributed by atoms with Gasteiger partial charge in [0.05, 0.1) is 35.4 Å². The molecule has 0 unspecified atom stereocenters. The fourth-order valence-electron chi connectivity index (χ4n) is 1.65. The Hall–Kier alpha value is -0.355. The molecule has 0 radical (unpaired) electrons. The maximum Gasteiger partial charge on any atom is 0.369 e. The second-order valence-electron chi connectivity index (χ2n) is 4.81. The fourth-order valence-corrected chi connectivity index (χ4v) is 2.37. The molecule has 0 bridgehead atoms. The zero-order valence-corrected chi connectivity index (χ0v) is 24.5. The van der Waals surface area contributed by atoms with Gasteiger partial charge in [0.1, 0.15) is 21.5 Å². The van der Waals surface area contributed by atoms with E-state index in [0.717, 1.165) is 6.07 Å². The van der Waals surface area contributed by atoms with E-state index in [-0.39, 0.29) is 34.6 Å². The summed E-state index contributed by atoms with van der Waals surface area (Å²) in [7, 11) is 2.73.